The van der Waals surface area contributed by atoms with Gasteiger partial charge in [-0.25, -0.2) is 0 Å². The Hall–Kier alpha value is -1.64. The molecule has 0 saturated carbocycles. The molecule has 2 aromatic carbocycles. The maximum absolute atomic E-state index is 12.5. The first-order valence-corrected chi connectivity index (χ1v) is 9.66. The molecule has 0 atom stereocenters. The van der Waals surface area contributed by atoms with E-state index in [0.29, 0.717) is 10.6 Å². The fraction of sp³-hybridized carbons (Fsp3) is 0.133. The zero-order chi connectivity index (χ0) is 16.6. The highest BCUT2D eigenvalue weighted by Gasteiger charge is 2.14. The SMILES string of the molecule is COc1ccc(S(=O)(=O)N=c2sc3cccc(Br)c3n2C)cc1. The number of benzene rings is 2. The van der Waals surface area contributed by atoms with Gasteiger partial charge < -0.3 is 9.30 Å². The Morgan fingerprint density at radius 3 is 2.48 bits per heavy atom. The molecule has 8 heteroatoms. The molecular formula is C15H13BrN2O3S2. The van der Waals surface area contributed by atoms with Crippen molar-refractivity contribution in [3.63, 3.8) is 0 Å². The Kier molecular flexibility index (Phi) is 4.31. The second-order valence-electron chi connectivity index (χ2n) is 4.77. The molecule has 3 aromatic rings. The minimum atomic E-state index is -3.78. The standard InChI is InChI=1S/C15H13BrN2O3S2/c1-18-14-12(16)4-3-5-13(14)22-15(18)17-23(19,20)11-8-6-10(21-2)7-9-11/h3-9H,1-2H3. The molecule has 0 radical (unpaired) electrons. The van der Waals surface area contributed by atoms with Gasteiger partial charge in [-0.3, -0.25) is 0 Å². The van der Waals surface area contributed by atoms with Crippen LogP contribution in [-0.2, 0) is 17.1 Å². The van der Waals surface area contributed by atoms with E-state index < -0.39 is 10.0 Å². The molecule has 5 nitrogen and oxygen atoms in total. The summed E-state index contributed by atoms with van der Waals surface area (Å²) in [6.45, 7) is 0. The molecule has 0 spiro atoms. The van der Waals surface area contributed by atoms with Crippen LogP contribution in [0.1, 0.15) is 0 Å². The largest absolute Gasteiger partial charge is 0.497 e. The van der Waals surface area contributed by atoms with Gasteiger partial charge in [-0.1, -0.05) is 17.4 Å². The summed E-state index contributed by atoms with van der Waals surface area (Å²) < 4.78 is 37.6. The van der Waals surface area contributed by atoms with Crippen LogP contribution in [0.15, 0.2) is 56.2 Å². The van der Waals surface area contributed by atoms with E-state index in [1.807, 2.05) is 18.2 Å². The zero-order valence-electron chi connectivity index (χ0n) is 12.4. The number of aromatic nitrogens is 1. The Bertz CT molecular complexity index is 1030. The van der Waals surface area contributed by atoms with Gasteiger partial charge in [0.05, 0.1) is 22.2 Å². The molecular weight excluding hydrogens is 400 g/mol. The molecule has 120 valence electrons. The highest BCUT2D eigenvalue weighted by Crippen LogP contribution is 2.25. The fourth-order valence-electron chi connectivity index (χ4n) is 2.15. The van der Waals surface area contributed by atoms with E-state index in [2.05, 4.69) is 20.3 Å². The first kappa shape index (κ1) is 16.2. The summed E-state index contributed by atoms with van der Waals surface area (Å²) in [6.07, 6.45) is 0. The molecule has 0 N–H and O–H groups in total. The molecule has 0 bridgehead atoms. The van der Waals surface area contributed by atoms with E-state index >= 15 is 0 Å². The predicted octanol–water partition coefficient (Wildman–Crippen LogP) is 3.30. The van der Waals surface area contributed by atoms with Crippen molar-refractivity contribution in [2.24, 2.45) is 11.4 Å². The number of hydrogen-bond acceptors (Lipinski definition) is 4. The van der Waals surface area contributed by atoms with E-state index in [-0.39, 0.29) is 4.90 Å². The Morgan fingerprint density at radius 1 is 1.17 bits per heavy atom. The van der Waals surface area contributed by atoms with E-state index in [1.165, 1.54) is 30.6 Å². The number of rotatable bonds is 3. The Morgan fingerprint density at radius 2 is 1.87 bits per heavy atom. The van der Waals surface area contributed by atoms with Crippen LogP contribution in [0.5, 0.6) is 5.75 Å². The third-order valence-electron chi connectivity index (χ3n) is 3.33. The molecule has 1 heterocycles. The quantitative estimate of drug-likeness (QED) is 0.662. The van der Waals surface area contributed by atoms with Crippen LogP contribution in [0.4, 0.5) is 0 Å². The number of para-hydroxylation sites is 1. The summed E-state index contributed by atoms with van der Waals surface area (Å²) in [5, 5.41) is 0. The minimum Gasteiger partial charge on any atom is -0.497 e. The lowest BCUT2D eigenvalue weighted by atomic mass is 10.3. The normalized spacial score (nSPS) is 12.7. The molecule has 3 rings (SSSR count). The van der Waals surface area contributed by atoms with Gasteiger partial charge >= 0.3 is 0 Å². The van der Waals surface area contributed by atoms with Crippen molar-refractivity contribution < 1.29 is 13.2 Å². The summed E-state index contributed by atoms with van der Waals surface area (Å²) in [5.41, 5.74) is 0.918. The number of hydrogen-bond donors (Lipinski definition) is 0. The van der Waals surface area contributed by atoms with Crippen LogP contribution < -0.4 is 9.54 Å². The number of methoxy groups -OCH3 is 1. The average Bonchev–Trinajstić information content (AvgIpc) is 2.84. The predicted molar refractivity (Wildman–Crippen MR) is 94.2 cm³/mol. The van der Waals surface area contributed by atoms with Gasteiger partial charge in [0, 0.05) is 11.5 Å². The van der Waals surface area contributed by atoms with E-state index in [0.717, 1.165) is 14.7 Å². The number of fused-ring (bicyclic) bond motifs is 1. The molecule has 0 saturated heterocycles. The highest BCUT2D eigenvalue weighted by atomic mass is 79.9. The summed E-state index contributed by atoms with van der Waals surface area (Å²) >= 11 is 4.81. The molecule has 0 unspecified atom stereocenters. The van der Waals surface area contributed by atoms with Crippen LogP contribution in [0.2, 0.25) is 0 Å². The molecule has 1 aromatic heterocycles. The van der Waals surface area contributed by atoms with Gasteiger partial charge in [0.25, 0.3) is 10.0 Å². The smallest absolute Gasteiger partial charge is 0.285 e. The lowest BCUT2D eigenvalue weighted by Crippen LogP contribution is -2.13. The summed E-state index contributed by atoms with van der Waals surface area (Å²) in [4.78, 5) is 0.553. The van der Waals surface area contributed by atoms with Crippen molar-refractivity contribution in [3.05, 3.63) is 51.7 Å². The third kappa shape index (κ3) is 3.06. The van der Waals surface area contributed by atoms with Crippen molar-refractivity contribution in [2.45, 2.75) is 4.90 Å². The number of thiazole rings is 1. The number of nitrogens with zero attached hydrogens (tertiary/aromatic N) is 2. The molecule has 23 heavy (non-hydrogen) atoms. The second-order valence-corrected chi connectivity index (χ2v) is 8.24. The maximum Gasteiger partial charge on any atom is 0.285 e. The fourth-order valence-corrected chi connectivity index (χ4v) is 5.18. The summed E-state index contributed by atoms with van der Waals surface area (Å²) in [7, 11) is -0.449. The van der Waals surface area contributed by atoms with Crippen LogP contribution in [0.25, 0.3) is 10.2 Å². The van der Waals surface area contributed by atoms with Gasteiger partial charge in [-0.05, 0) is 52.3 Å². The van der Waals surface area contributed by atoms with Gasteiger partial charge in [0.15, 0.2) is 0 Å². The number of ether oxygens (including phenoxy) is 1. The van der Waals surface area contributed by atoms with Crippen LogP contribution in [0.3, 0.4) is 0 Å². The summed E-state index contributed by atoms with van der Waals surface area (Å²) in [6, 6.07) is 11.9. The molecule has 0 fully saturated rings. The molecule has 0 aliphatic rings. The van der Waals surface area contributed by atoms with Crippen LogP contribution in [0, 0.1) is 0 Å². The average molecular weight is 413 g/mol. The third-order valence-corrected chi connectivity index (χ3v) is 6.46. The van der Waals surface area contributed by atoms with E-state index in [4.69, 9.17) is 4.74 Å². The zero-order valence-corrected chi connectivity index (χ0v) is 15.6. The van der Waals surface area contributed by atoms with Crippen molar-refractivity contribution in [1.82, 2.24) is 4.57 Å². The van der Waals surface area contributed by atoms with Crippen molar-refractivity contribution in [3.8, 4) is 5.75 Å². The number of aryl methyl sites for hydroxylation is 1. The minimum absolute atomic E-state index is 0.134. The lowest BCUT2D eigenvalue weighted by molar-refractivity contribution is 0.414. The summed E-state index contributed by atoms with van der Waals surface area (Å²) in [5.74, 6) is 0.597. The first-order chi connectivity index (χ1) is 10.9. The van der Waals surface area contributed by atoms with Crippen molar-refractivity contribution in [1.29, 1.82) is 0 Å². The van der Waals surface area contributed by atoms with Gasteiger partial charge in [-0.2, -0.15) is 8.42 Å². The van der Waals surface area contributed by atoms with Crippen molar-refractivity contribution >= 4 is 47.5 Å². The topological polar surface area (TPSA) is 60.7 Å². The van der Waals surface area contributed by atoms with Crippen LogP contribution >= 0.6 is 27.3 Å². The Balaban J connectivity index is 2.16. The second kappa shape index (κ2) is 6.10. The highest BCUT2D eigenvalue weighted by molar-refractivity contribution is 9.10. The Labute approximate surface area is 146 Å². The maximum atomic E-state index is 12.5. The van der Waals surface area contributed by atoms with Crippen molar-refractivity contribution in [2.75, 3.05) is 7.11 Å². The van der Waals surface area contributed by atoms with Gasteiger partial charge in [0.1, 0.15) is 5.75 Å². The van der Waals surface area contributed by atoms with Gasteiger partial charge in [-0.15, -0.1) is 4.40 Å². The lowest BCUT2D eigenvalue weighted by Gasteiger charge is -2.01. The van der Waals surface area contributed by atoms with Crippen LogP contribution in [-0.4, -0.2) is 20.1 Å². The van der Waals surface area contributed by atoms with E-state index in [9.17, 15) is 8.42 Å². The molecule has 0 aliphatic heterocycles. The molecule has 0 amide bonds. The first-order valence-electron chi connectivity index (χ1n) is 6.61. The monoisotopic (exact) mass is 412 g/mol. The number of halogens is 1. The van der Waals surface area contributed by atoms with Gasteiger partial charge in [0.2, 0.25) is 4.80 Å². The van der Waals surface area contributed by atoms with E-state index in [1.54, 1.807) is 23.7 Å². The number of sulfonamides is 1. The molecule has 0 aliphatic carbocycles.